The highest BCUT2D eigenvalue weighted by molar-refractivity contribution is 6.11. The van der Waals surface area contributed by atoms with Crippen LogP contribution in [0.1, 0.15) is 0 Å². The first kappa shape index (κ1) is 59.8. The van der Waals surface area contributed by atoms with E-state index in [4.69, 9.17) is 24.9 Å². The summed E-state index contributed by atoms with van der Waals surface area (Å²) in [5.74, 6) is 0. The standard InChI is InChI=1S/C49H29N5.C45H27N5/c1-2-8-38-37(7-1)40(17-18-41(38)47-21-12-32-11-10-31-6-4-25-51-48(31)49(32)54-47)46-23-16-36-28-34(14-20-44(36)53-46)33-13-19-43-35(27-33)15-22-45(52-43)39-9-3-5-30-24-26-50-29-42(30)39;1-4-28-20-23-46-27-39(28)36(6-1)43-19-15-34-25-32(13-17-42(34)50-43)31-12-16-41-33(24-31)14-18-40(49-41)30-10-8-29(9-11-30)38-26-35-5-2-21-47-44(35)45-37(38)7-3-22-48-45/h1-29H;1-27H. The number of pyridine rings is 10. The number of nitrogens with zero attached hydrogens (tertiary/aromatic N) is 10. The van der Waals surface area contributed by atoms with Gasteiger partial charge in [0.2, 0.25) is 0 Å². The van der Waals surface area contributed by atoms with Crippen molar-refractivity contribution in [2.45, 2.75) is 0 Å². The molecular weight excluding hydrogens is 1270 g/mol. The summed E-state index contributed by atoms with van der Waals surface area (Å²) in [7, 11) is 0. The van der Waals surface area contributed by atoms with E-state index in [2.05, 4.69) is 292 Å². The average Bonchev–Trinajstić information content (AvgIpc) is 0.795. The smallest absolute Gasteiger partial charge is 0.0972 e. The lowest BCUT2D eigenvalue weighted by molar-refractivity contribution is 1.35. The van der Waals surface area contributed by atoms with E-state index in [1.165, 1.54) is 0 Å². The van der Waals surface area contributed by atoms with Gasteiger partial charge in [-0.25, -0.2) is 24.9 Å². The van der Waals surface area contributed by atoms with Gasteiger partial charge in [-0.1, -0.05) is 182 Å². The van der Waals surface area contributed by atoms with Crippen molar-refractivity contribution in [3.63, 3.8) is 0 Å². The molecule has 0 aliphatic heterocycles. The molecule has 0 atom stereocenters. The van der Waals surface area contributed by atoms with E-state index in [-0.39, 0.29) is 0 Å². The topological polar surface area (TPSA) is 129 Å². The third-order valence-corrected chi connectivity index (χ3v) is 20.2. The van der Waals surface area contributed by atoms with Crippen LogP contribution in [0.25, 0.3) is 209 Å². The fraction of sp³-hybridized carbons (Fsp3) is 0. The van der Waals surface area contributed by atoms with Gasteiger partial charge in [0, 0.05) is 125 Å². The Bertz CT molecular complexity index is 7070. The second kappa shape index (κ2) is 24.9. The minimum absolute atomic E-state index is 0.915. The van der Waals surface area contributed by atoms with E-state index in [0.29, 0.717) is 0 Å². The number of hydrogen-bond acceptors (Lipinski definition) is 10. The largest absolute Gasteiger partial charge is 0.264 e. The summed E-state index contributed by atoms with van der Waals surface area (Å²) in [6, 6.07) is 104. The van der Waals surface area contributed by atoms with Gasteiger partial charge in [0.1, 0.15) is 0 Å². The quantitative estimate of drug-likeness (QED) is 0.136. The Labute approximate surface area is 596 Å². The van der Waals surface area contributed by atoms with Crippen LogP contribution in [0.5, 0.6) is 0 Å². The Balaban J connectivity index is 0.000000139. The van der Waals surface area contributed by atoms with Crippen molar-refractivity contribution >= 4 is 120 Å². The first-order chi connectivity index (χ1) is 51.5. The maximum Gasteiger partial charge on any atom is 0.0972 e. The Morgan fingerprint density at radius 2 is 0.548 bits per heavy atom. The van der Waals surface area contributed by atoms with Crippen molar-refractivity contribution in [2.24, 2.45) is 0 Å². The Morgan fingerprint density at radius 1 is 0.173 bits per heavy atom. The fourth-order valence-electron chi connectivity index (χ4n) is 15.0. The zero-order valence-electron chi connectivity index (χ0n) is 55.8. The van der Waals surface area contributed by atoms with Crippen LogP contribution in [-0.4, -0.2) is 49.8 Å². The number of benzene rings is 11. The van der Waals surface area contributed by atoms with E-state index in [1.807, 2.05) is 73.7 Å². The molecule has 0 aliphatic carbocycles. The van der Waals surface area contributed by atoms with Gasteiger partial charge in [-0.2, -0.15) is 0 Å². The Morgan fingerprint density at radius 3 is 1.07 bits per heavy atom. The fourth-order valence-corrected chi connectivity index (χ4v) is 15.0. The van der Waals surface area contributed by atoms with Crippen LogP contribution in [0.4, 0.5) is 0 Å². The summed E-state index contributed by atoms with van der Waals surface area (Å²) in [4.78, 5) is 48.1. The Hall–Kier alpha value is -14.2. The zero-order valence-corrected chi connectivity index (χ0v) is 55.8. The van der Waals surface area contributed by atoms with Crippen LogP contribution in [0.2, 0.25) is 0 Å². The second-order valence-electron chi connectivity index (χ2n) is 26.3. The maximum atomic E-state index is 5.18. The van der Waals surface area contributed by atoms with Crippen LogP contribution in [0, 0.1) is 0 Å². The molecule has 0 aliphatic rings. The first-order valence-electron chi connectivity index (χ1n) is 34.7. The highest BCUT2D eigenvalue weighted by atomic mass is 14.8. The van der Waals surface area contributed by atoms with Gasteiger partial charge >= 0.3 is 0 Å². The summed E-state index contributed by atoms with van der Waals surface area (Å²) in [6.45, 7) is 0. The molecule has 0 fully saturated rings. The SMILES string of the molecule is c1cc(-c2ccc3cc(-c4ccc5nc(-c6ccc(-c7cc8cccnc8c8ncccc78)cc6)ccc5c4)ccc3n2)c2cnccc2c1.c1cc(-c2ccc3cc(-c4ccc5nc(-c6ccc(-c7ccc8ccc9cccnc9c8n7)c7ccccc67)ccc5c4)ccc3n2)c2cnccc2c1. The molecule has 0 amide bonds. The van der Waals surface area contributed by atoms with Gasteiger partial charge in [0.15, 0.2) is 0 Å². The third-order valence-electron chi connectivity index (χ3n) is 20.2. The van der Waals surface area contributed by atoms with E-state index >= 15 is 0 Å². The molecule has 21 aromatic rings. The minimum atomic E-state index is 0.915. The summed E-state index contributed by atoms with van der Waals surface area (Å²) in [5.41, 5.74) is 24.5. The zero-order chi connectivity index (χ0) is 68.6. The van der Waals surface area contributed by atoms with E-state index in [0.717, 1.165) is 209 Å². The lowest BCUT2D eigenvalue weighted by atomic mass is 9.95. The van der Waals surface area contributed by atoms with Gasteiger partial charge in [0.05, 0.1) is 72.6 Å². The van der Waals surface area contributed by atoms with Crippen LogP contribution >= 0.6 is 0 Å². The molecule has 0 saturated carbocycles. The molecule has 0 bridgehead atoms. The molecule has 0 spiro atoms. The van der Waals surface area contributed by atoms with Crippen molar-refractivity contribution < 1.29 is 0 Å². The van der Waals surface area contributed by atoms with E-state index in [1.54, 1.807) is 0 Å². The molecule has 482 valence electrons. The van der Waals surface area contributed by atoms with Gasteiger partial charge < -0.3 is 0 Å². The van der Waals surface area contributed by atoms with Crippen LogP contribution in [-0.2, 0) is 0 Å². The monoisotopic (exact) mass is 1320 g/mol. The molecule has 0 N–H and O–H groups in total. The van der Waals surface area contributed by atoms with Gasteiger partial charge in [0.25, 0.3) is 0 Å². The summed E-state index contributed by atoms with van der Waals surface area (Å²) in [6.07, 6.45) is 13.0. The molecule has 10 aromatic heterocycles. The van der Waals surface area contributed by atoms with Crippen molar-refractivity contribution in [1.29, 1.82) is 0 Å². The summed E-state index contributed by atoms with van der Waals surface area (Å²) in [5, 5.41) is 15.5. The molecule has 0 saturated heterocycles. The summed E-state index contributed by atoms with van der Waals surface area (Å²) >= 11 is 0. The van der Waals surface area contributed by atoms with Crippen molar-refractivity contribution in [3.05, 3.63) is 341 Å². The van der Waals surface area contributed by atoms with Crippen molar-refractivity contribution in [1.82, 2.24) is 49.8 Å². The van der Waals surface area contributed by atoms with Crippen molar-refractivity contribution in [3.8, 4) is 89.7 Å². The maximum absolute atomic E-state index is 5.18. The van der Waals surface area contributed by atoms with E-state index < -0.39 is 0 Å². The van der Waals surface area contributed by atoms with Crippen molar-refractivity contribution in [2.75, 3.05) is 0 Å². The van der Waals surface area contributed by atoms with Crippen LogP contribution < -0.4 is 0 Å². The normalized spacial score (nSPS) is 11.7. The van der Waals surface area contributed by atoms with Crippen LogP contribution in [0.3, 0.4) is 0 Å². The highest BCUT2D eigenvalue weighted by Crippen LogP contribution is 2.40. The lowest BCUT2D eigenvalue weighted by Crippen LogP contribution is -1.92. The molecule has 104 heavy (non-hydrogen) atoms. The number of hydrogen-bond donors (Lipinski definition) is 0. The van der Waals surface area contributed by atoms with Gasteiger partial charge in [-0.3, -0.25) is 24.9 Å². The number of rotatable bonds is 8. The molecule has 10 heterocycles. The predicted molar refractivity (Wildman–Crippen MR) is 427 cm³/mol. The first-order valence-corrected chi connectivity index (χ1v) is 34.7. The molecular formula is C94H56N10. The molecule has 0 unspecified atom stereocenters. The molecule has 11 aromatic carbocycles. The average molecular weight is 1330 g/mol. The van der Waals surface area contributed by atoms with Gasteiger partial charge in [-0.15, -0.1) is 0 Å². The highest BCUT2D eigenvalue weighted by Gasteiger charge is 2.17. The minimum Gasteiger partial charge on any atom is -0.264 e. The predicted octanol–water partition coefficient (Wildman–Crippen LogP) is 23.3. The Kier molecular flexibility index (Phi) is 14.3. The van der Waals surface area contributed by atoms with Crippen LogP contribution in [0.15, 0.2) is 341 Å². The molecule has 10 nitrogen and oxygen atoms in total. The molecule has 0 radical (unpaired) electrons. The summed E-state index contributed by atoms with van der Waals surface area (Å²) < 4.78 is 0. The molecule has 10 heteroatoms. The van der Waals surface area contributed by atoms with Gasteiger partial charge in [-0.05, 0) is 170 Å². The number of aromatic nitrogens is 10. The third kappa shape index (κ3) is 10.7. The molecule has 21 rings (SSSR count). The van der Waals surface area contributed by atoms with E-state index in [9.17, 15) is 0 Å². The second-order valence-corrected chi connectivity index (χ2v) is 26.3. The number of fused-ring (bicyclic) bond motifs is 13. The lowest BCUT2D eigenvalue weighted by Gasteiger charge is -2.13.